The van der Waals surface area contributed by atoms with Crippen LogP contribution >= 0.6 is 15.9 Å². The number of hydrogen-bond donors (Lipinski definition) is 3. The third-order valence-electron chi connectivity index (χ3n) is 2.56. The molecule has 20 heavy (non-hydrogen) atoms. The Morgan fingerprint density at radius 2 is 2.05 bits per heavy atom. The fraction of sp³-hybridized carbons (Fsp3) is 0.0833. The van der Waals surface area contributed by atoms with E-state index in [4.69, 9.17) is 5.11 Å². The number of anilines is 1. The van der Waals surface area contributed by atoms with Crippen molar-refractivity contribution < 1.29 is 18.3 Å². The van der Waals surface area contributed by atoms with E-state index in [0.29, 0.717) is 10.2 Å². The third kappa shape index (κ3) is 3.02. The van der Waals surface area contributed by atoms with E-state index in [-0.39, 0.29) is 10.6 Å². The van der Waals surface area contributed by atoms with Crippen molar-refractivity contribution in [3.05, 3.63) is 46.2 Å². The van der Waals surface area contributed by atoms with E-state index in [1.807, 2.05) is 13.0 Å². The van der Waals surface area contributed by atoms with E-state index in [1.54, 1.807) is 12.1 Å². The number of benzene rings is 1. The number of carbonyl (C=O) groups is 1. The van der Waals surface area contributed by atoms with Gasteiger partial charge in [-0.05, 0) is 46.6 Å². The average molecular weight is 359 g/mol. The van der Waals surface area contributed by atoms with Crippen molar-refractivity contribution >= 4 is 37.6 Å². The molecule has 6 nitrogen and oxygen atoms in total. The number of rotatable bonds is 4. The summed E-state index contributed by atoms with van der Waals surface area (Å²) in [5.41, 5.74) is 1.10. The van der Waals surface area contributed by atoms with Crippen LogP contribution in [0.25, 0.3) is 0 Å². The van der Waals surface area contributed by atoms with Crippen molar-refractivity contribution in [3.8, 4) is 0 Å². The summed E-state index contributed by atoms with van der Waals surface area (Å²) in [5.74, 6) is -1.22. The van der Waals surface area contributed by atoms with Gasteiger partial charge in [-0.3, -0.25) is 4.72 Å². The molecule has 0 atom stereocenters. The molecule has 106 valence electrons. The second kappa shape index (κ2) is 5.29. The van der Waals surface area contributed by atoms with Crippen LogP contribution in [0.2, 0.25) is 0 Å². The van der Waals surface area contributed by atoms with Gasteiger partial charge in [-0.1, -0.05) is 6.07 Å². The molecule has 1 heterocycles. The summed E-state index contributed by atoms with van der Waals surface area (Å²) in [6.07, 6.45) is 1.13. The molecule has 2 aromatic rings. The van der Waals surface area contributed by atoms with Gasteiger partial charge in [0.2, 0.25) is 0 Å². The molecule has 0 bridgehead atoms. The van der Waals surface area contributed by atoms with Crippen molar-refractivity contribution in [2.24, 2.45) is 0 Å². The number of halogens is 1. The number of aryl methyl sites for hydroxylation is 1. The molecule has 0 fully saturated rings. The lowest BCUT2D eigenvalue weighted by Crippen LogP contribution is -2.12. The van der Waals surface area contributed by atoms with E-state index in [9.17, 15) is 13.2 Å². The zero-order chi connectivity index (χ0) is 14.9. The molecular formula is C12H11BrN2O4S. The standard InChI is InChI=1S/C12H11BrN2O4S/c1-7-2-3-9(13)10(4-7)15-20(18,19)8-5-11(12(16)17)14-6-8/h2-6,14-15H,1H3,(H,16,17). The molecule has 0 saturated carbocycles. The lowest BCUT2D eigenvalue weighted by molar-refractivity contribution is 0.0691. The van der Waals surface area contributed by atoms with Crippen molar-refractivity contribution in [1.82, 2.24) is 4.98 Å². The van der Waals surface area contributed by atoms with E-state index in [0.717, 1.165) is 17.8 Å². The van der Waals surface area contributed by atoms with Crippen LogP contribution in [0.1, 0.15) is 16.1 Å². The quantitative estimate of drug-likeness (QED) is 0.781. The molecule has 0 radical (unpaired) electrons. The van der Waals surface area contributed by atoms with Crippen LogP contribution in [0, 0.1) is 6.92 Å². The van der Waals surface area contributed by atoms with E-state index in [1.165, 1.54) is 0 Å². The summed E-state index contributed by atoms with van der Waals surface area (Å²) < 4.78 is 27.3. The topological polar surface area (TPSA) is 99.3 Å². The SMILES string of the molecule is Cc1ccc(Br)c(NS(=O)(=O)c2c[nH]c(C(=O)O)c2)c1. The minimum atomic E-state index is -3.84. The highest BCUT2D eigenvalue weighted by Gasteiger charge is 2.19. The largest absolute Gasteiger partial charge is 0.477 e. The van der Waals surface area contributed by atoms with Gasteiger partial charge >= 0.3 is 5.97 Å². The van der Waals surface area contributed by atoms with Crippen LogP contribution in [-0.2, 0) is 10.0 Å². The van der Waals surface area contributed by atoms with Gasteiger partial charge in [0.1, 0.15) is 10.6 Å². The van der Waals surface area contributed by atoms with Gasteiger partial charge in [-0.2, -0.15) is 0 Å². The molecule has 0 spiro atoms. The molecule has 1 aromatic heterocycles. The van der Waals surface area contributed by atoms with Crippen LogP contribution in [0.15, 0.2) is 39.8 Å². The Balaban J connectivity index is 2.35. The summed E-state index contributed by atoms with van der Waals surface area (Å²) in [7, 11) is -3.84. The van der Waals surface area contributed by atoms with Gasteiger partial charge in [-0.25, -0.2) is 13.2 Å². The predicted molar refractivity (Wildman–Crippen MR) is 77.4 cm³/mol. The summed E-state index contributed by atoms with van der Waals surface area (Å²) in [6, 6.07) is 6.30. The Bertz CT molecular complexity index is 768. The first-order valence-electron chi connectivity index (χ1n) is 5.50. The van der Waals surface area contributed by atoms with Gasteiger partial charge in [-0.15, -0.1) is 0 Å². The molecule has 0 aliphatic carbocycles. The predicted octanol–water partition coefficient (Wildman–Crippen LogP) is 2.58. The first-order valence-corrected chi connectivity index (χ1v) is 7.78. The maximum absolute atomic E-state index is 12.2. The van der Waals surface area contributed by atoms with Gasteiger partial charge in [0.05, 0.1) is 5.69 Å². The highest BCUT2D eigenvalue weighted by molar-refractivity contribution is 9.10. The fourth-order valence-electron chi connectivity index (χ4n) is 1.57. The van der Waals surface area contributed by atoms with Gasteiger partial charge in [0, 0.05) is 10.7 Å². The molecule has 1 aromatic carbocycles. The molecule has 0 unspecified atom stereocenters. The Morgan fingerprint density at radius 3 is 2.65 bits per heavy atom. The average Bonchev–Trinajstić information content (AvgIpc) is 2.84. The molecular weight excluding hydrogens is 348 g/mol. The Morgan fingerprint density at radius 1 is 1.35 bits per heavy atom. The molecule has 8 heteroatoms. The van der Waals surface area contributed by atoms with E-state index in [2.05, 4.69) is 25.6 Å². The van der Waals surface area contributed by atoms with Crippen LogP contribution < -0.4 is 4.72 Å². The summed E-state index contributed by atoms with van der Waals surface area (Å²) in [6.45, 7) is 1.84. The van der Waals surface area contributed by atoms with Crippen molar-refractivity contribution in [2.75, 3.05) is 4.72 Å². The summed E-state index contributed by atoms with van der Waals surface area (Å²) in [5, 5.41) is 8.78. The van der Waals surface area contributed by atoms with Crippen LogP contribution in [-0.4, -0.2) is 24.5 Å². The number of hydrogen-bond acceptors (Lipinski definition) is 3. The number of aromatic amines is 1. The van der Waals surface area contributed by atoms with E-state index >= 15 is 0 Å². The normalized spacial score (nSPS) is 11.3. The molecule has 0 aliphatic rings. The highest BCUT2D eigenvalue weighted by atomic mass is 79.9. The first-order chi connectivity index (χ1) is 9.29. The van der Waals surface area contributed by atoms with Crippen molar-refractivity contribution in [2.45, 2.75) is 11.8 Å². The highest BCUT2D eigenvalue weighted by Crippen LogP contribution is 2.26. The van der Waals surface area contributed by atoms with Gasteiger partial charge in [0.25, 0.3) is 10.0 Å². The molecule has 3 N–H and O–H groups in total. The Labute approximate surface area is 124 Å². The van der Waals surface area contributed by atoms with Crippen molar-refractivity contribution in [1.29, 1.82) is 0 Å². The van der Waals surface area contributed by atoms with Gasteiger partial charge < -0.3 is 10.1 Å². The minimum Gasteiger partial charge on any atom is -0.477 e. The van der Waals surface area contributed by atoms with Crippen LogP contribution in [0.5, 0.6) is 0 Å². The van der Waals surface area contributed by atoms with Crippen molar-refractivity contribution in [3.63, 3.8) is 0 Å². The summed E-state index contributed by atoms with van der Waals surface area (Å²) in [4.78, 5) is 13.0. The second-order valence-electron chi connectivity index (χ2n) is 4.14. The van der Waals surface area contributed by atoms with Crippen LogP contribution in [0.4, 0.5) is 5.69 Å². The number of aromatic nitrogens is 1. The zero-order valence-corrected chi connectivity index (χ0v) is 12.7. The number of nitrogens with one attached hydrogen (secondary N) is 2. The smallest absolute Gasteiger partial charge is 0.352 e. The number of H-pyrrole nitrogens is 1. The Kier molecular flexibility index (Phi) is 3.87. The maximum atomic E-state index is 12.2. The fourth-order valence-corrected chi connectivity index (χ4v) is 3.11. The van der Waals surface area contributed by atoms with Crippen LogP contribution in [0.3, 0.4) is 0 Å². The third-order valence-corrected chi connectivity index (χ3v) is 4.60. The van der Waals surface area contributed by atoms with Gasteiger partial charge in [0.15, 0.2) is 0 Å². The summed E-state index contributed by atoms with van der Waals surface area (Å²) >= 11 is 3.26. The minimum absolute atomic E-state index is 0.136. The number of aromatic carboxylic acids is 1. The molecule has 0 aliphatic heterocycles. The maximum Gasteiger partial charge on any atom is 0.352 e. The molecule has 0 amide bonds. The lowest BCUT2D eigenvalue weighted by atomic mass is 10.2. The number of sulfonamides is 1. The number of carboxylic acids is 1. The Hall–Kier alpha value is -1.80. The number of carboxylic acid groups (broad SMARTS) is 1. The molecule has 0 saturated heterocycles. The second-order valence-corrected chi connectivity index (χ2v) is 6.68. The first kappa shape index (κ1) is 14.6. The zero-order valence-electron chi connectivity index (χ0n) is 10.3. The lowest BCUT2D eigenvalue weighted by Gasteiger charge is -2.09. The monoisotopic (exact) mass is 358 g/mol. The molecule has 2 rings (SSSR count). The van der Waals surface area contributed by atoms with E-state index < -0.39 is 16.0 Å².